The van der Waals surface area contributed by atoms with Crippen LogP contribution in [0.25, 0.3) is 22.0 Å². The van der Waals surface area contributed by atoms with Crippen LogP contribution in [0.4, 0.5) is 5.69 Å². The molecule has 192 valence electrons. The number of sulfonamides is 1. The largest absolute Gasteiger partial charge is 0.493 e. The summed E-state index contributed by atoms with van der Waals surface area (Å²) in [7, 11) is -0.663. The third kappa shape index (κ3) is 5.12. The van der Waals surface area contributed by atoms with E-state index in [4.69, 9.17) is 14.2 Å². The Morgan fingerprint density at radius 2 is 1.47 bits per heavy atom. The van der Waals surface area contributed by atoms with Crippen LogP contribution in [-0.4, -0.2) is 27.6 Å². The number of ether oxygens (including phenoxy) is 3. The van der Waals surface area contributed by atoms with E-state index in [0.29, 0.717) is 39.8 Å². The number of aryl methyl sites for hydroxylation is 1. The zero-order chi connectivity index (χ0) is 26.7. The molecule has 1 aromatic heterocycles. The lowest BCUT2D eigenvalue weighted by Crippen LogP contribution is -2.13. The molecule has 0 bridgehead atoms. The highest BCUT2D eigenvalue weighted by Crippen LogP contribution is 2.37. The van der Waals surface area contributed by atoms with E-state index >= 15 is 0 Å². The molecular weight excluding hydrogens is 500 g/mol. The van der Waals surface area contributed by atoms with Gasteiger partial charge in [0.1, 0.15) is 11.5 Å². The van der Waals surface area contributed by atoms with Gasteiger partial charge in [-0.05, 0) is 66.1 Å². The first-order chi connectivity index (χ1) is 18.4. The highest BCUT2D eigenvalue weighted by Gasteiger charge is 2.17. The van der Waals surface area contributed by atoms with Gasteiger partial charge in [0.2, 0.25) is 0 Å². The molecule has 0 aliphatic carbocycles. The van der Waals surface area contributed by atoms with Gasteiger partial charge in [-0.3, -0.25) is 9.71 Å². The molecule has 5 rings (SSSR count). The smallest absolute Gasteiger partial charge is 0.261 e. The van der Waals surface area contributed by atoms with Gasteiger partial charge in [-0.15, -0.1) is 0 Å². The second kappa shape index (κ2) is 10.4. The predicted molar refractivity (Wildman–Crippen MR) is 149 cm³/mol. The molecule has 0 radical (unpaired) electrons. The average molecular weight is 527 g/mol. The third-order valence-electron chi connectivity index (χ3n) is 6.13. The molecule has 0 aliphatic heterocycles. The number of nitrogens with zero attached hydrogens (tertiary/aromatic N) is 1. The first-order valence-corrected chi connectivity index (χ1v) is 13.3. The fraction of sp³-hybridized carbons (Fsp3) is 0.100. The Hall–Kier alpha value is -4.56. The molecule has 7 nitrogen and oxygen atoms in total. The van der Waals surface area contributed by atoms with Crippen LogP contribution in [-0.2, 0) is 10.0 Å². The Morgan fingerprint density at radius 1 is 0.737 bits per heavy atom. The number of rotatable bonds is 8. The molecule has 4 aromatic carbocycles. The van der Waals surface area contributed by atoms with Gasteiger partial charge < -0.3 is 14.2 Å². The van der Waals surface area contributed by atoms with Gasteiger partial charge in [0.05, 0.1) is 30.3 Å². The zero-order valence-electron chi connectivity index (χ0n) is 21.1. The number of methoxy groups -OCH3 is 2. The van der Waals surface area contributed by atoms with Crippen LogP contribution in [0, 0.1) is 6.92 Å². The van der Waals surface area contributed by atoms with Crippen molar-refractivity contribution in [2.24, 2.45) is 0 Å². The Morgan fingerprint density at radius 3 is 2.21 bits per heavy atom. The van der Waals surface area contributed by atoms with Gasteiger partial charge in [0, 0.05) is 17.6 Å². The van der Waals surface area contributed by atoms with E-state index in [1.165, 1.54) is 0 Å². The summed E-state index contributed by atoms with van der Waals surface area (Å²) in [5.74, 6) is 2.28. The maximum absolute atomic E-state index is 13.2. The van der Waals surface area contributed by atoms with Crippen LogP contribution in [0.15, 0.2) is 102 Å². The van der Waals surface area contributed by atoms with Crippen LogP contribution in [0.3, 0.4) is 0 Å². The fourth-order valence-electron chi connectivity index (χ4n) is 4.15. The number of benzene rings is 4. The van der Waals surface area contributed by atoms with E-state index in [9.17, 15) is 8.42 Å². The minimum absolute atomic E-state index is 0.186. The quantitative estimate of drug-likeness (QED) is 0.239. The molecule has 0 atom stereocenters. The first kappa shape index (κ1) is 25.1. The minimum atomic E-state index is -3.81. The van der Waals surface area contributed by atoms with Crippen LogP contribution in [0.5, 0.6) is 23.0 Å². The minimum Gasteiger partial charge on any atom is -0.493 e. The number of nitrogens with one attached hydrogen (secondary N) is 1. The van der Waals surface area contributed by atoms with E-state index in [1.807, 2.05) is 49.4 Å². The van der Waals surface area contributed by atoms with Crippen LogP contribution >= 0.6 is 0 Å². The normalized spacial score (nSPS) is 11.2. The molecule has 0 spiro atoms. The maximum Gasteiger partial charge on any atom is 0.261 e. The highest BCUT2D eigenvalue weighted by molar-refractivity contribution is 7.92. The van der Waals surface area contributed by atoms with Crippen molar-refractivity contribution in [3.8, 4) is 34.1 Å². The van der Waals surface area contributed by atoms with Crippen molar-refractivity contribution >= 4 is 26.6 Å². The van der Waals surface area contributed by atoms with E-state index in [2.05, 4.69) is 9.71 Å². The maximum atomic E-state index is 13.2. The van der Waals surface area contributed by atoms with Crippen LogP contribution in [0.1, 0.15) is 5.56 Å². The van der Waals surface area contributed by atoms with Crippen molar-refractivity contribution in [3.05, 3.63) is 103 Å². The Kier molecular flexibility index (Phi) is 6.89. The number of pyridine rings is 1. The molecule has 0 saturated carbocycles. The van der Waals surface area contributed by atoms with Crippen molar-refractivity contribution < 1.29 is 22.6 Å². The molecule has 5 aromatic rings. The Labute approximate surface area is 221 Å². The summed E-state index contributed by atoms with van der Waals surface area (Å²) >= 11 is 0. The molecule has 8 heteroatoms. The summed E-state index contributed by atoms with van der Waals surface area (Å²) in [6.45, 7) is 1.82. The lowest BCUT2D eigenvalue weighted by atomic mass is 10.1. The summed E-state index contributed by atoms with van der Waals surface area (Å²) in [5, 5.41) is 0.755. The average Bonchev–Trinajstić information content (AvgIpc) is 2.94. The summed E-state index contributed by atoms with van der Waals surface area (Å²) < 4.78 is 46.1. The zero-order valence-corrected chi connectivity index (χ0v) is 22.0. The van der Waals surface area contributed by atoms with Gasteiger partial charge in [0.15, 0.2) is 11.5 Å². The Balaban J connectivity index is 1.40. The van der Waals surface area contributed by atoms with Gasteiger partial charge >= 0.3 is 0 Å². The van der Waals surface area contributed by atoms with E-state index in [-0.39, 0.29) is 4.90 Å². The highest BCUT2D eigenvalue weighted by atomic mass is 32.2. The van der Waals surface area contributed by atoms with Gasteiger partial charge in [-0.1, -0.05) is 42.5 Å². The van der Waals surface area contributed by atoms with Gasteiger partial charge in [-0.2, -0.15) is 0 Å². The standard InChI is InChI=1S/C30H26N2O5S/c1-20-16-23(37-28-14-15-31-27-19-30(36-3)29(35-2)18-25(27)28)12-13-26(20)32-38(33,34)24-11-7-10-22(17-24)21-8-5-4-6-9-21/h4-19,32H,1-3H3. The molecule has 0 amide bonds. The number of anilines is 1. The van der Waals surface area contributed by atoms with E-state index < -0.39 is 10.0 Å². The fourth-order valence-corrected chi connectivity index (χ4v) is 5.33. The molecule has 0 saturated heterocycles. The lowest BCUT2D eigenvalue weighted by Gasteiger charge is -2.15. The molecule has 1 heterocycles. The summed E-state index contributed by atoms with van der Waals surface area (Å²) in [6, 6.07) is 27.1. The number of fused-ring (bicyclic) bond motifs is 1. The SMILES string of the molecule is COc1cc2nccc(Oc3ccc(NS(=O)(=O)c4cccc(-c5ccccc5)c4)c(C)c3)c2cc1OC. The van der Waals surface area contributed by atoms with Gasteiger partial charge in [0.25, 0.3) is 10.0 Å². The second-order valence-corrected chi connectivity index (χ2v) is 10.3. The molecule has 38 heavy (non-hydrogen) atoms. The third-order valence-corrected chi connectivity index (χ3v) is 7.49. The summed E-state index contributed by atoms with van der Waals surface area (Å²) in [4.78, 5) is 4.59. The second-order valence-electron chi connectivity index (χ2n) is 8.61. The first-order valence-electron chi connectivity index (χ1n) is 11.9. The molecule has 1 N–H and O–H groups in total. The van der Waals surface area contributed by atoms with Crippen molar-refractivity contribution in [3.63, 3.8) is 0 Å². The van der Waals surface area contributed by atoms with Gasteiger partial charge in [-0.25, -0.2) is 8.42 Å². The number of hydrogen-bond acceptors (Lipinski definition) is 6. The Bertz CT molecular complexity index is 1720. The van der Waals surface area contributed by atoms with E-state index in [0.717, 1.165) is 16.5 Å². The van der Waals surface area contributed by atoms with Crippen molar-refractivity contribution in [2.45, 2.75) is 11.8 Å². The van der Waals surface area contributed by atoms with Crippen molar-refractivity contribution in [1.29, 1.82) is 0 Å². The van der Waals surface area contributed by atoms with Crippen molar-refractivity contribution in [2.75, 3.05) is 18.9 Å². The molecule has 0 aliphatic rings. The van der Waals surface area contributed by atoms with Crippen LogP contribution in [0.2, 0.25) is 0 Å². The van der Waals surface area contributed by atoms with Crippen LogP contribution < -0.4 is 18.9 Å². The molecule has 0 unspecified atom stereocenters. The number of hydrogen-bond donors (Lipinski definition) is 1. The predicted octanol–water partition coefficient (Wildman–Crippen LogP) is 6.82. The summed E-state index contributed by atoms with van der Waals surface area (Å²) in [5.41, 5.74) is 3.64. The molecule has 0 fully saturated rings. The van der Waals surface area contributed by atoms with E-state index in [1.54, 1.807) is 68.9 Å². The topological polar surface area (TPSA) is 86.8 Å². The number of aromatic nitrogens is 1. The van der Waals surface area contributed by atoms with Crippen molar-refractivity contribution in [1.82, 2.24) is 4.98 Å². The molecular formula is C30H26N2O5S. The lowest BCUT2D eigenvalue weighted by molar-refractivity contribution is 0.355. The summed E-state index contributed by atoms with van der Waals surface area (Å²) in [6.07, 6.45) is 1.66. The monoisotopic (exact) mass is 526 g/mol.